The van der Waals surface area contributed by atoms with Crippen LogP contribution in [0.3, 0.4) is 0 Å². The summed E-state index contributed by atoms with van der Waals surface area (Å²) in [6, 6.07) is 10.4. The highest BCUT2D eigenvalue weighted by Crippen LogP contribution is 2.29. The van der Waals surface area contributed by atoms with Crippen LogP contribution in [0.4, 0.5) is 11.8 Å². The SMILES string of the molecule is Cc1ccc([C@](C)(N)c2cnc(N3CCN(c4ncnn5cc(-c6cnn(CC(C)(C)O)c6)cc45)CC3)nc2)cc1. The molecule has 6 rings (SSSR count). The van der Waals surface area contributed by atoms with Crippen LogP contribution in [-0.4, -0.2) is 71.2 Å². The third-order valence-corrected chi connectivity index (χ3v) is 7.65. The number of hydrogen-bond acceptors (Lipinski definition) is 9. The maximum atomic E-state index is 10.1. The van der Waals surface area contributed by atoms with E-state index in [4.69, 9.17) is 5.73 Å². The molecule has 0 bridgehead atoms. The fourth-order valence-electron chi connectivity index (χ4n) is 5.25. The fourth-order valence-corrected chi connectivity index (χ4v) is 5.25. The standard InChI is InChI=1S/C30H36N10O/c1-21-5-7-24(8-6-21)30(4,31)25-15-32-28(33-16-25)38-11-9-37(10-12-38)27-26-13-22(18-40(26)36-20-34-27)23-14-35-39(17-23)19-29(2,3)41/h5-8,13-18,20,41H,9-12,19,31H2,1-4H3/t30-/m0/s1. The molecular formula is C30H36N10O. The van der Waals surface area contributed by atoms with Gasteiger partial charge in [-0.15, -0.1) is 0 Å². The van der Waals surface area contributed by atoms with Gasteiger partial charge in [-0.3, -0.25) is 4.68 Å². The molecule has 0 spiro atoms. The van der Waals surface area contributed by atoms with Crippen LogP contribution in [0.5, 0.6) is 0 Å². The molecule has 4 aromatic heterocycles. The summed E-state index contributed by atoms with van der Waals surface area (Å²) in [5.74, 6) is 1.59. The molecule has 0 unspecified atom stereocenters. The average Bonchev–Trinajstić information content (AvgIpc) is 3.59. The summed E-state index contributed by atoms with van der Waals surface area (Å²) in [7, 11) is 0. The topological polar surface area (TPSA) is 127 Å². The van der Waals surface area contributed by atoms with Crippen molar-refractivity contribution < 1.29 is 5.11 Å². The van der Waals surface area contributed by atoms with E-state index in [-0.39, 0.29) is 0 Å². The van der Waals surface area contributed by atoms with E-state index in [1.165, 1.54) is 5.56 Å². The number of aromatic nitrogens is 7. The van der Waals surface area contributed by atoms with Crippen LogP contribution < -0.4 is 15.5 Å². The fraction of sp³-hybridized carbons (Fsp3) is 0.367. The minimum Gasteiger partial charge on any atom is -0.389 e. The lowest BCUT2D eigenvalue weighted by atomic mass is 9.87. The zero-order valence-corrected chi connectivity index (χ0v) is 23.9. The van der Waals surface area contributed by atoms with E-state index >= 15 is 0 Å². The van der Waals surface area contributed by atoms with Crippen molar-refractivity contribution in [2.75, 3.05) is 36.0 Å². The molecule has 41 heavy (non-hydrogen) atoms. The molecule has 0 aliphatic carbocycles. The van der Waals surface area contributed by atoms with E-state index in [2.05, 4.69) is 72.2 Å². The Morgan fingerprint density at radius 2 is 1.51 bits per heavy atom. The summed E-state index contributed by atoms with van der Waals surface area (Å²) in [5, 5.41) is 19.0. The van der Waals surface area contributed by atoms with Crippen molar-refractivity contribution in [3.63, 3.8) is 0 Å². The van der Waals surface area contributed by atoms with Crippen LogP contribution in [0.25, 0.3) is 16.6 Å². The molecule has 0 amide bonds. The average molecular weight is 553 g/mol. The highest BCUT2D eigenvalue weighted by atomic mass is 16.3. The first-order valence-corrected chi connectivity index (χ1v) is 13.8. The Balaban J connectivity index is 1.15. The summed E-state index contributed by atoms with van der Waals surface area (Å²) < 4.78 is 3.62. The second kappa shape index (κ2) is 10.2. The van der Waals surface area contributed by atoms with Gasteiger partial charge in [-0.25, -0.2) is 19.5 Å². The Labute approximate surface area is 239 Å². The molecule has 11 nitrogen and oxygen atoms in total. The van der Waals surface area contributed by atoms with E-state index in [9.17, 15) is 5.11 Å². The van der Waals surface area contributed by atoms with Crippen molar-refractivity contribution in [3.8, 4) is 11.1 Å². The smallest absolute Gasteiger partial charge is 0.225 e. The molecule has 0 saturated carbocycles. The molecule has 11 heteroatoms. The van der Waals surface area contributed by atoms with Gasteiger partial charge in [-0.05, 0) is 39.3 Å². The largest absolute Gasteiger partial charge is 0.389 e. The molecule has 0 radical (unpaired) electrons. The molecule has 3 N–H and O–H groups in total. The van der Waals surface area contributed by atoms with E-state index < -0.39 is 11.1 Å². The van der Waals surface area contributed by atoms with Gasteiger partial charge in [0.05, 0.1) is 23.9 Å². The normalized spacial score (nSPS) is 15.9. The number of fused-ring (bicyclic) bond motifs is 1. The van der Waals surface area contributed by atoms with Gasteiger partial charge in [-0.2, -0.15) is 10.2 Å². The van der Waals surface area contributed by atoms with E-state index in [1.807, 2.05) is 42.4 Å². The Bertz CT molecular complexity index is 1640. The van der Waals surface area contributed by atoms with Gasteiger partial charge < -0.3 is 20.6 Å². The van der Waals surface area contributed by atoms with Crippen LogP contribution in [0.1, 0.15) is 37.5 Å². The number of nitrogens with two attached hydrogens (primary N) is 1. The number of aryl methyl sites for hydroxylation is 1. The van der Waals surface area contributed by atoms with E-state index in [0.29, 0.717) is 12.5 Å². The number of benzene rings is 1. The number of hydrogen-bond donors (Lipinski definition) is 2. The minimum absolute atomic E-state index is 0.417. The first kappa shape index (κ1) is 26.9. The predicted molar refractivity (Wildman–Crippen MR) is 159 cm³/mol. The van der Waals surface area contributed by atoms with Gasteiger partial charge in [0, 0.05) is 67.7 Å². The Morgan fingerprint density at radius 3 is 2.20 bits per heavy atom. The maximum absolute atomic E-state index is 10.1. The molecule has 212 valence electrons. The van der Waals surface area contributed by atoms with Gasteiger partial charge >= 0.3 is 0 Å². The highest BCUT2D eigenvalue weighted by Gasteiger charge is 2.26. The van der Waals surface area contributed by atoms with Gasteiger partial charge in [0.25, 0.3) is 0 Å². The zero-order chi connectivity index (χ0) is 28.8. The molecule has 1 saturated heterocycles. The first-order chi connectivity index (χ1) is 19.6. The van der Waals surface area contributed by atoms with Crippen molar-refractivity contribution in [1.82, 2.24) is 34.3 Å². The van der Waals surface area contributed by atoms with Crippen molar-refractivity contribution in [1.29, 1.82) is 0 Å². The maximum Gasteiger partial charge on any atom is 0.225 e. The molecule has 1 aliphatic heterocycles. The Kier molecular flexibility index (Phi) is 6.71. The van der Waals surface area contributed by atoms with Gasteiger partial charge in [0.15, 0.2) is 5.82 Å². The molecule has 1 aliphatic rings. The minimum atomic E-state index is -0.838. The lowest BCUT2D eigenvalue weighted by Crippen LogP contribution is -2.47. The number of piperazine rings is 1. The van der Waals surface area contributed by atoms with E-state index in [0.717, 1.165) is 59.8 Å². The summed E-state index contributed by atoms with van der Waals surface area (Å²) in [4.78, 5) is 18.5. The summed E-state index contributed by atoms with van der Waals surface area (Å²) in [6.45, 7) is 11.1. The quantitative estimate of drug-likeness (QED) is 0.313. The predicted octanol–water partition coefficient (Wildman–Crippen LogP) is 3.01. The molecule has 1 fully saturated rings. The first-order valence-electron chi connectivity index (χ1n) is 13.8. The van der Waals surface area contributed by atoms with Crippen LogP contribution >= 0.6 is 0 Å². The number of nitrogens with zero attached hydrogens (tertiary/aromatic N) is 9. The summed E-state index contributed by atoms with van der Waals surface area (Å²) >= 11 is 0. The number of anilines is 2. The third-order valence-electron chi connectivity index (χ3n) is 7.65. The third kappa shape index (κ3) is 5.50. The van der Waals surface area contributed by atoms with Gasteiger partial charge in [-0.1, -0.05) is 29.8 Å². The Hall–Kier alpha value is -4.35. The second-order valence-corrected chi connectivity index (χ2v) is 11.7. The molecule has 1 atom stereocenters. The summed E-state index contributed by atoms with van der Waals surface area (Å²) in [5.41, 5.74) is 11.2. The van der Waals surface area contributed by atoms with Crippen molar-refractivity contribution in [3.05, 3.63) is 84.3 Å². The highest BCUT2D eigenvalue weighted by molar-refractivity contribution is 5.77. The van der Waals surface area contributed by atoms with Crippen LogP contribution in [0.15, 0.2) is 67.6 Å². The van der Waals surface area contributed by atoms with Gasteiger partial charge in [0.1, 0.15) is 11.8 Å². The van der Waals surface area contributed by atoms with Crippen LogP contribution in [0.2, 0.25) is 0 Å². The Morgan fingerprint density at radius 1 is 0.829 bits per heavy atom. The van der Waals surface area contributed by atoms with Crippen LogP contribution in [0, 0.1) is 6.92 Å². The molecule has 5 aromatic rings. The number of aliphatic hydroxyl groups is 1. The lowest BCUT2D eigenvalue weighted by Gasteiger charge is -2.35. The molecule has 1 aromatic carbocycles. The van der Waals surface area contributed by atoms with Gasteiger partial charge in [0.2, 0.25) is 5.95 Å². The monoisotopic (exact) mass is 552 g/mol. The molecule has 5 heterocycles. The van der Waals surface area contributed by atoms with Crippen LogP contribution in [-0.2, 0) is 12.1 Å². The van der Waals surface area contributed by atoms with Crippen molar-refractivity contribution in [2.24, 2.45) is 5.73 Å². The lowest BCUT2D eigenvalue weighted by molar-refractivity contribution is 0.0577. The second-order valence-electron chi connectivity index (χ2n) is 11.7. The number of rotatable bonds is 7. The van der Waals surface area contributed by atoms with Crippen molar-refractivity contribution >= 4 is 17.3 Å². The summed E-state index contributed by atoms with van der Waals surface area (Å²) in [6.07, 6.45) is 11.0. The zero-order valence-electron chi connectivity index (χ0n) is 23.9. The van der Waals surface area contributed by atoms with Crippen molar-refractivity contribution in [2.45, 2.75) is 45.4 Å². The molecular weight excluding hydrogens is 516 g/mol. The van der Waals surface area contributed by atoms with E-state index in [1.54, 1.807) is 24.9 Å².